The SMILES string of the molecule is CN(C)CCN1CCN(CC2(C)CCCC2N)CC1. The lowest BCUT2D eigenvalue weighted by molar-refractivity contribution is 0.0836. The highest BCUT2D eigenvalue weighted by Gasteiger charge is 2.38. The van der Waals surface area contributed by atoms with E-state index in [1.807, 2.05) is 0 Å². The number of nitrogens with zero attached hydrogens (tertiary/aromatic N) is 3. The van der Waals surface area contributed by atoms with Crippen molar-refractivity contribution in [3.05, 3.63) is 0 Å². The summed E-state index contributed by atoms with van der Waals surface area (Å²) in [6.07, 6.45) is 3.86. The third kappa shape index (κ3) is 4.15. The molecule has 1 aliphatic carbocycles. The molecule has 1 saturated heterocycles. The Balaban J connectivity index is 1.71. The van der Waals surface area contributed by atoms with E-state index in [4.69, 9.17) is 5.73 Å². The Morgan fingerprint density at radius 1 is 1.16 bits per heavy atom. The van der Waals surface area contributed by atoms with E-state index in [2.05, 4.69) is 35.7 Å². The fourth-order valence-corrected chi connectivity index (χ4v) is 3.48. The summed E-state index contributed by atoms with van der Waals surface area (Å²) < 4.78 is 0. The van der Waals surface area contributed by atoms with E-state index in [1.165, 1.54) is 65.1 Å². The van der Waals surface area contributed by atoms with Crippen molar-refractivity contribution in [1.82, 2.24) is 14.7 Å². The van der Waals surface area contributed by atoms with Crippen molar-refractivity contribution in [1.29, 1.82) is 0 Å². The van der Waals surface area contributed by atoms with E-state index in [-0.39, 0.29) is 0 Å². The van der Waals surface area contributed by atoms with Gasteiger partial charge in [0.25, 0.3) is 0 Å². The van der Waals surface area contributed by atoms with E-state index in [9.17, 15) is 0 Å². The van der Waals surface area contributed by atoms with Crippen LogP contribution < -0.4 is 5.73 Å². The number of piperazine rings is 1. The molecule has 0 bridgehead atoms. The second-order valence-electron chi connectivity index (χ2n) is 7.07. The molecule has 19 heavy (non-hydrogen) atoms. The molecular weight excluding hydrogens is 236 g/mol. The van der Waals surface area contributed by atoms with Crippen LogP contribution in [0.4, 0.5) is 0 Å². The fourth-order valence-electron chi connectivity index (χ4n) is 3.48. The van der Waals surface area contributed by atoms with Gasteiger partial charge < -0.3 is 15.5 Å². The Morgan fingerprint density at radius 2 is 1.79 bits per heavy atom. The predicted molar refractivity (Wildman–Crippen MR) is 81.4 cm³/mol. The summed E-state index contributed by atoms with van der Waals surface area (Å²) in [4.78, 5) is 7.50. The van der Waals surface area contributed by atoms with E-state index in [1.54, 1.807) is 0 Å². The summed E-state index contributed by atoms with van der Waals surface area (Å²) in [6.45, 7) is 10.8. The molecule has 0 spiro atoms. The van der Waals surface area contributed by atoms with Gasteiger partial charge in [-0.15, -0.1) is 0 Å². The summed E-state index contributed by atoms with van der Waals surface area (Å²) in [5.41, 5.74) is 6.66. The quantitative estimate of drug-likeness (QED) is 0.795. The molecule has 2 rings (SSSR count). The van der Waals surface area contributed by atoms with Crippen LogP contribution in [-0.4, -0.2) is 80.7 Å². The van der Waals surface area contributed by atoms with Crippen molar-refractivity contribution in [3.63, 3.8) is 0 Å². The van der Waals surface area contributed by atoms with Crippen LogP contribution >= 0.6 is 0 Å². The van der Waals surface area contributed by atoms with Gasteiger partial charge in [-0.05, 0) is 32.4 Å². The van der Waals surface area contributed by atoms with Gasteiger partial charge in [-0.1, -0.05) is 13.3 Å². The molecule has 0 aromatic carbocycles. The van der Waals surface area contributed by atoms with Gasteiger partial charge in [0.1, 0.15) is 0 Å². The molecule has 1 heterocycles. The number of rotatable bonds is 5. The van der Waals surface area contributed by atoms with Gasteiger partial charge in [-0.25, -0.2) is 0 Å². The van der Waals surface area contributed by atoms with E-state index in [0.29, 0.717) is 11.5 Å². The second-order valence-corrected chi connectivity index (χ2v) is 7.07. The number of hydrogen-bond donors (Lipinski definition) is 1. The third-order valence-electron chi connectivity index (χ3n) is 5.07. The Bertz CT molecular complexity index is 273. The van der Waals surface area contributed by atoms with E-state index in [0.717, 1.165) is 0 Å². The number of nitrogens with two attached hydrogens (primary N) is 1. The van der Waals surface area contributed by atoms with Crippen molar-refractivity contribution in [3.8, 4) is 0 Å². The van der Waals surface area contributed by atoms with Crippen LogP contribution in [0.1, 0.15) is 26.2 Å². The smallest absolute Gasteiger partial charge is 0.0110 e. The van der Waals surface area contributed by atoms with E-state index >= 15 is 0 Å². The highest BCUT2D eigenvalue weighted by molar-refractivity contribution is 4.94. The molecule has 4 nitrogen and oxygen atoms in total. The zero-order valence-corrected chi connectivity index (χ0v) is 13.1. The summed E-state index contributed by atoms with van der Waals surface area (Å²) in [6, 6.07) is 0.416. The summed E-state index contributed by atoms with van der Waals surface area (Å²) in [7, 11) is 4.30. The van der Waals surface area contributed by atoms with Crippen molar-refractivity contribution in [2.45, 2.75) is 32.2 Å². The molecule has 1 aliphatic heterocycles. The van der Waals surface area contributed by atoms with Gasteiger partial charge in [-0.2, -0.15) is 0 Å². The number of hydrogen-bond acceptors (Lipinski definition) is 4. The van der Waals surface area contributed by atoms with Crippen LogP contribution in [-0.2, 0) is 0 Å². The van der Waals surface area contributed by atoms with Crippen molar-refractivity contribution < 1.29 is 0 Å². The summed E-state index contributed by atoms with van der Waals surface area (Å²) in [5, 5.41) is 0. The first-order valence-corrected chi connectivity index (χ1v) is 7.85. The topological polar surface area (TPSA) is 35.7 Å². The summed E-state index contributed by atoms with van der Waals surface area (Å²) >= 11 is 0. The molecule has 112 valence electrons. The number of likely N-dealkylation sites (N-methyl/N-ethyl adjacent to an activating group) is 1. The molecule has 2 N–H and O–H groups in total. The minimum atomic E-state index is 0.367. The van der Waals surface area contributed by atoms with Crippen molar-refractivity contribution in [2.75, 3.05) is 59.9 Å². The van der Waals surface area contributed by atoms with Gasteiger partial charge in [0.05, 0.1) is 0 Å². The minimum absolute atomic E-state index is 0.367. The lowest BCUT2D eigenvalue weighted by Crippen LogP contribution is -2.52. The zero-order valence-electron chi connectivity index (χ0n) is 13.1. The minimum Gasteiger partial charge on any atom is -0.327 e. The van der Waals surface area contributed by atoms with E-state index < -0.39 is 0 Å². The zero-order chi connectivity index (χ0) is 13.9. The maximum absolute atomic E-state index is 6.30. The monoisotopic (exact) mass is 268 g/mol. The van der Waals surface area contributed by atoms with Gasteiger partial charge >= 0.3 is 0 Å². The molecule has 2 atom stereocenters. The molecule has 0 amide bonds. The Kier molecular flexibility index (Phi) is 5.23. The Morgan fingerprint density at radius 3 is 2.32 bits per heavy atom. The maximum atomic E-state index is 6.30. The van der Waals surface area contributed by atoms with Gasteiger partial charge in [0.2, 0.25) is 0 Å². The van der Waals surface area contributed by atoms with Gasteiger partial charge in [0.15, 0.2) is 0 Å². The highest BCUT2D eigenvalue weighted by atomic mass is 15.3. The van der Waals surface area contributed by atoms with Crippen molar-refractivity contribution in [2.24, 2.45) is 11.1 Å². The molecule has 0 aromatic rings. The van der Waals surface area contributed by atoms with Crippen LogP contribution in [0.15, 0.2) is 0 Å². The molecular formula is C15H32N4. The molecule has 1 saturated carbocycles. The average molecular weight is 268 g/mol. The molecule has 2 unspecified atom stereocenters. The average Bonchev–Trinajstić information content (AvgIpc) is 2.68. The molecule has 2 aliphatic rings. The lowest BCUT2D eigenvalue weighted by atomic mass is 9.84. The standard InChI is InChI=1S/C15H32N4/c1-15(6-4-5-14(15)16)13-19-11-9-18(10-12-19)8-7-17(2)3/h14H,4-13,16H2,1-3H3. The molecule has 0 aromatic heterocycles. The van der Waals surface area contributed by atoms with Crippen LogP contribution in [0.25, 0.3) is 0 Å². The first-order chi connectivity index (χ1) is 8.99. The maximum Gasteiger partial charge on any atom is 0.0110 e. The van der Waals surface area contributed by atoms with Crippen LogP contribution in [0.5, 0.6) is 0 Å². The fraction of sp³-hybridized carbons (Fsp3) is 1.00. The first kappa shape index (κ1) is 15.2. The lowest BCUT2D eigenvalue weighted by Gasteiger charge is -2.40. The first-order valence-electron chi connectivity index (χ1n) is 7.85. The van der Waals surface area contributed by atoms with Gasteiger partial charge in [0, 0.05) is 51.9 Å². The molecule has 0 radical (unpaired) electrons. The van der Waals surface area contributed by atoms with Crippen LogP contribution in [0, 0.1) is 5.41 Å². The second kappa shape index (κ2) is 6.53. The van der Waals surface area contributed by atoms with Crippen molar-refractivity contribution >= 4 is 0 Å². The largest absolute Gasteiger partial charge is 0.327 e. The Hall–Kier alpha value is -0.160. The molecule has 4 heteroatoms. The summed E-state index contributed by atoms with van der Waals surface area (Å²) in [5.74, 6) is 0. The highest BCUT2D eigenvalue weighted by Crippen LogP contribution is 2.37. The van der Waals surface area contributed by atoms with Crippen LogP contribution in [0.2, 0.25) is 0 Å². The van der Waals surface area contributed by atoms with Crippen LogP contribution in [0.3, 0.4) is 0 Å². The molecule has 2 fully saturated rings. The third-order valence-corrected chi connectivity index (χ3v) is 5.07. The normalized spacial score (nSPS) is 34.3. The predicted octanol–water partition coefficient (Wildman–Crippen LogP) is 0.683. The van der Waals surface area contributed by atoms with Gasteiger partial charge in [-0.3, -0.25) is 4.90 Å². The Labute approximate surface area is 118 Å².